The Morgan fingerprint density at radius 1 is 1.24 bits per heavy atom. The van der Waals surface area contributed by atoms with Crippen LogP contribution in [0.3, 0.4) is 0 Å². The van der Waals surface area contributed by atoms with Crippen LogP contribution in [0, 0.1) is 5.41 Å². The molecule has 2 amide bonds. The summed E-state index contributed by atoms with van der Waals surface area (Å²) < 4.78 is 0. The monoisotopic (exact) mass is 239 g/mol. The van der Waals surface area contributed by atoms with Crippen molar-refractivity contribution in [1.82, 2.24) is 10.6 Å². The predicted molar refractivity (Wildman–Crippen MR) is 68.7 cm³/mol. The SMILES string of the molecule is NCCC1(CNC(=O)NC2CCCCC2)CC1. The fourth-order valence-corrected chi connectivity index (χ4v) is 2.75. The highest BCUT2D eigenvalue weighted by Gasteiger charge is 2.41. The van der Waals surface area contributed by atoms with Crippen LogP contribution in [0.15, 0.2) is 0 Å². The summed E-state index contributed by atoms with van der Waals surface area (Å²) in [6, 6.07) is 0.411. The zero-order chi connectivity index (χ0) is 12.1. The summed E-state index contributed by atoms with van der Waals surface area (Å²) in [6.45, 7) is 1.52. The Morgan fingerprint density at radius 3 is 2.53 bits per heavy atom. The second-order valence-electron chi connectivity index (χ2n) is 5.70. The average Bonchev–Trinajstić information content (AvgIpc) is 3.09. The van der Waals surface area contributed by atoms with Crippen LogP contribution >= 0.6 is 0 Å². The summed E-state index contributed by atoms with van der Waals surface area (Å²) in [5, 5.41) is 6.09. The third kappa shape index (κ3) is 3.87. The van der Waals surface area contributed by atoms with Gasteiger partial charge in [-0.3, -0.25) is 0 Å². The zero-order valence-corrected chi connectivity index (χ0v) is 10.6. The van der Waals surface area contributed by atoms with Crippen molar-refractivity contribution in [2.45, 2.75) is 57.4 Å². The standard InChI is InChI=1S/C13H25N3O/c14-9-8-13(6-7-13)10-15-12(17)16-11-4-2-1-3-5-11/h11H,1-10,14H2,(H2,15,16,17). The zero-order valence-electron chi connectivity index (χ0n) is 10.6. The molecule has 0 aromatic heterocycles. The molecule has 0 bridgehead atoms. The van der Waals surface area contributed by atoms with E-state index in [1.54, 1.807) is 0 Å². The number of urea groups is 1. The molecule has 98 valence electrons. The van der Waals surface area contributed by atoms with E-state index in [9.17, 15) is 4.79 Å². The summed E-state index contributed by atoms with van der Waals surface area (Å²) in [6.07, 6.45) is 9.57. The van der Waals surface area contributed by atoms with Gasteiger partial charge in [0.1, 0.15) is 0 Å². The molecule has 0 heterocycles. The first-order chi connectivity index (χ1) is 8.24. The van der Waals surface area contributed by atoms with Gasteiger partial charge in [-0.25, -0.2) is 4.79 Å². The van der Waals surface area contributed by atoms with Crippen LogP contribution in [0.4, 0.5) is 4.79 Å². The Labute approximate surface area is 104 Å². The summed E-state index contributed by atoms with van der Waals surface area (Å²) >= 11 is 0. The molecule has 4 nitrogen and oxygen atoms in total. The van der Waals surface area contributed by atoms with Crippen LogP contribution in [-0.4, -0.2) is 25.2 Å². The number of hydrogen-bond donors (Lipinski definition) is 3. The molecular formula is C13H25N3O. The summed E-state index contributed by atoms with van der Waals surface area (Å²) in [4.78, 5) is 11.7. The highest BCUT2D eigenvalue weighted by atomic mass is 16.2. The average molecular weight is 239 g/mol. The van der Waals surface area contributed by atoms with E-state index in [1.165, 1.54) is 32.1 Å². The van der Waals surface area contributed by atoms with Crippen molar-refractivity contribution in [2.75, 3.05) is 13.1 Å². The molecule has 17 heavy (non-hydrogen) atoms. The number of nitrogens with one attached hydrogen (secondary N) is 2. The van der Waals surface area contributed by atoms with Crippen molar-refractivity contribution < 1.29 is 4.79 Å². The summed E-state index contributed by atoms with van der Waals surface area (Å²) in [7, 11) is 0. The second kappa shape index (κ2) is 5.71. The van der Waals surface area contributed by atoms with Crippen molar-refractivity contribution in [3.63, 3.8) is 0 Å². The number of nitrogens with two attached hydrogens (primary N) is 1. The fourth-order valence-electron chi connectivity index (χ4n) is 2.75. The molecule has 4 N–H and O–H groups in total. The van der Waals surface area contributed by atoms with E-state index in [0.29, 0.717) is 11.5 Å². The van der Waals surface area contributed by atoms with Crippen LogP contribution in [0.25, 0.3) is 0 Å². The van der Waals surface area contributed by atoms with E-state index in [0.717, 1.165) is 32.4 Å². The minimum absolute atomic E-state index is 0.0141. The second-order valence-corrected chi connectivity index (χ2v) is 5.70. The Bertz CT molecular complexity index is 257. The Hall–Kier alpha value is -0.770. The summed E-state index contributed by atoms with van der Waals surface area (Å²) in [5.74, 6) is 0. The molecule has 2 saturated carbocycles. The molecule has 0 aromatic carbocycles. The van der Waals surface area contributed by atoms with Crippen LogP contribution in [0.1, 0.15) is 51.4 Å². The molecule has 0 aliphatic heterocycles. The van der Waals surface area contributed by atoms with E-state index in [4.69, 9.17) is 5.73 Å². The smallest absolute Gasteiger partial charge is 0.315 e. The fraction of sp³-hybridized carbons (Fsp3) is 0.923. The molecule has 0 atom stereocenters. The van der Waals surface area contributed by atoms with Crippen LogP contribution in [-0.2, 0) is 0 Å². The van der Waals surface area contributed by atoms with Gasteiger partial charge in [0.05, 0.1) is 0 Å². The minimum atomic E-state index is 0.0141. The maximum atomic E-state index is 11.7. The number of amides is 2. The van der Waals surface area contributed by atoms with E-state index in [2.05, 4.69) is 10.6 Å². The van der Waals surface area contributed by atoms with Crippen LogP contribution in [0.5, 0.6) is 0 Å². The number of rotatable bonds is 5. The predicted octanol–water partition coefficient (Wildman–Crippen LogP) is 1.75. The lowest BCUT2D eigenvalue weighted by Gasteiger charge is -2.23. The van der Waals surface area contributed by atoms with Gasteiger partial charge in [0.15, 0.2) is 0 Å². The number of hydrogen-bond acceptors (Lipinski definition) is 2. The van der Waals surface area contributed by atoms with Crippen molar-refractivity contribution >= 4 is 6.03 Å². The van der Waals surface area contributed by atoms with Gasteiger partial charge in [-0.1, -0.05) is 19.3 Å². The lowest BCUT2D eigenvalue weighted by atomic mass is 9.96. The molecule has 4 heteroatoms. The van der Waals surface area contributed by atoms with Gasteiger partial charge in [-0.2, -0.15) is 0 Å². The van der Waals surface area contributed by atoms with Crippen molar-refractivity contribution in [1.29, 1.82) is 0 Å². The lowest BCUT2D eigenvalue weighted by molar-refractivity contribution is 0.229. The number of carbonyl (C=O) groups is 1. The minimum Gasteiger partial charge on any atom is -0.338 e. The third-order valence-corrected chi connectivity index (χ3v) is 4.20. The van der Waals surface area contributed by atoms with E-state index < -0.39 is 0 Å². The van der Waals surface area contributed by atoms with Gasteiger partial charge >= 0.3 is 6.03 Å². The lowest BCUT2D eigenvalue weighted by Crippen LogP contribution is -2.44. The van der Waals surface area contributed by atoms with E-state index in [-0.39, 0.29) is 6.03 Å². The first kappa shape index (κ1) is 12.7. The first-order valence-corrected chi connectivity index (χ1v) is 6.99. The highest BCUT2D eigenvalue weighted by molar-refractivity contribution is 5.74. The molecule has 0 saturated heterocycles. The van der Waals surface area contributed by atoms with Gasteiger partial charge < -0.3 is 16.4 Å². The molecule has 0 aromatic rings. The Morgan fingerprint density at radius 2 is 1.94 bits per heavy atom. The quantitative estimate of drug-likeness (QED) is 0.684. The molecule has 0 unspecified atom stereocenters. The molecule has 0 spiro atoms. The van der Waals surface area contributed by atoms with Gasteiger partial charge in [-0.05, 0) is 44.1 Å². The van der Waals surface area contributed by atoms with E-state index in [1.807, 2.05) is 0 Å². The highest BCUT2D eigenvalue weighted by Crippen LogP contribution is 2.47. The maximum Gasteiger partial charge on any atom is 0.315 e. The van der Waals surface area contributed by atoms with Crippen molar-refractivity contribution in [2.24, 2.45) is 11.1 Å². The van der Waals surface area contributed by atoms with Crippen LogP contribution < -0.4 is 16.4 Å². The van der Waals surface area contributed by atoms with Crippen molar-refractivity contribution in [3.8, 4) is 0 Å². The first-order valence-electron chi connectivity index (χ1n) is 6.99. The summed E-state index contributed by atoms with van der Waals surface area (Å²) in [5.41, 5.74) is 5.91. The normalized spacial score (nSPS) is 23.1. The van der Waals surface area contributed by atoms with Gasteiger partial charge in [0, 0.05) is 12.6 Å². The molecule has 2 aliphatic carbocycles. The van der Waals surface area contributed by atoms with Crippen LogP contribution in [0.2, 0.25) is 0 Å². The van der Waals surface area contributed by atoms with Gasteiger partial charge in [0.2, 0.25) is 0 Å². The molecule has 0 radical (unpaired) electrons. The Balaban J connectivity index is 1.63. The molecular weight excluding hydrogens is 214 g/mol. The van der Waals surface area contributed by atoms with Gasteiger partial charge in [-0.15, -0.1) is 0 Å². The third-order valence-electron chi connectivity index (χ3n) is 4.20. The van der Waals surface area contributed by atoms with Crippen molar-refractivity contribution in [3.05, 3.63) is 0 Å². The van der Waals surface area contributed by atoms with Gasteiger partial charge in [0.25, 0.3) is 0 Å². The largest absolute Gasteiger partial charge is 0.338 e. The Kier molecular flexibility index (Phi) is 4.26. The topological polar surface area (TPSA) is 67.1 Å². The van der Waals surface area contributed by atoms with E-state index >= 15 is 0 Å². The molecule has 2 rings (SSSR count). The molecule has 2 aliphatic rings. The maximum absolute atomic E-state index is 11.7. The number of carbonyl (C=O) groups excluding carboxylic acids is 1. The molecule has 2 fully saturated rings.